The molecule has 0 saturated heterocycles. The van der Waals surface area contributed by atoms with Gasteiger partial charge in [0.25, 0.3) is 0 Å². The van der Waals surface area contributed by atoms with Gasteiger partial charge in [-0.1, -0.05) is 54.4 Å². The van der Waals surface area contributed by atoms with E-state index in [9.17, 15) is 4.79 Å². The highest BCUT2D eigenvalue weighted by Gasteiger charge is 2.24. The molecule has 1 fully saturated rings. The highest BCUT2D eigenvalue weighted by molar-refractivity contribution is 6.33. The summed E-state index contributed by atoms with van der Waals surface area (Å²) in [6, 6.07) is 19.1. The molecule has 1 unspecified atom stereocenters. The van der Waals surface area contributed by atoms with Gasteiger partial charge in [0.05, 0.1) is 12.2 Å². The number of ether oxygens (including phenoxy) is 2. The van der Waals surface area contributed by atoms with Crippen LogP contribution in [-0.2, 0) is 4.74 Å². The van der Waals surface area contributed by atoms with Crippen molar-refractivity contribution in [2.45, 2.75) is 31.2 Å². The van der Waals surface area contributed by atoms with Crippen LogP contribution in [0, 0.1) is 5.82 Å². The normalized spacial score (nSPS) is 14.4. The number of methoxy groups -OCH3 is 1. The van der Waals surface area contributed by atoms with Gasteiger partial charge in [-0.15, -0.1) is 0 Å². The Morgan fingerprint density at radius 1 is 1.11 bits per heavy atom. The summed E-state index contributed by atoms with van der Waals surface area (Å²) in [7, 11) is 1.54. The summed E-state index contributed by atoms with van der Waals surface area (Å²) in [6.07, 6.45) is 3.60. The summed E-state index contributed by atoms with van der Waals surface area (Å²) in [5.41, 5.74) is 8.20. The molecule has 0 aliphatic heterocycles. The summed E-state index contributed by atoms with van der Waals surface area (Å²) in [4.78, 5) is 12.2. The van der Waals surface area contributed by atoms with E-state index in [1.165, 1.54) is 38.5 Å². The van der Waals surface area contributed by atoms with Crippen LogP contribution in [-0.4, -0.2) is 38.8 Å². The molecule has 0 radical (unpaired) electrons. The standard InChI is InChI=1S/C28H30ClFN2O3/c1-34-14-15-35-25-13-11-21(28(31)33)26(27(25)30)22-16-19(10-12-24(22)29)23(17-32-20-8-5-9-20)18-6-3-2-4-7-18/h2-4,6-7,10-13,16,20,23,32H,5,8-9,14-15,17H2,1H3,(H2,31,33). The minimum absolute atomic E-state index is 0.00905. The van der Waals surface area contributed by atoms with Gasteiger partial charge in [-0.25, -0.2) is 4.39 Å². The van der Waals surface area contributed by atoms with E-state index in [0.29, 0.717) is 23.2 Å². The number of rotatable bonds is 11. The van der Waals surface area contributed by atoms with Gasteiger partial charge in [-0.2, -0.15) is 0 Å². The fourth-order valence-electron chi connectivity index (χ4n) is 4.33. The lowest BCUT2D eigenvalue weighted by Gasteiger charge is -2.29. The molecule has 184 valence electrons. The van der Waals surface area contributed by atoms with E-state index in [4.69, 9.17) is 26.8 Å². The predicted molar refractivity (Wildman–Crippen MR) is 137 cm³/mol. The molecule has 35 heavy (non-hydrogen) atoms. The van der Waals surface area contributed by atoms with Crippen LogP contribution in [0.3, 0.4) is 0 Å². The maximum Gasteiger partial charge on any atom is 0.249 e. The fourth-order valence-corrected chi connectivity index (χ4v) is 4.55. The SMILES string of the molecule is COCCOc1ccc(C(N)=O)c(-c2cc(C(CNC3CCC3)c3ccccc3)ccc2Cl)c1F. The van der Waals surface area contributed by atoms with Crippen LogP contribution in [0.1, 0.15) is 46.7 Å². The number of benzene rings is 3. The topological polar surface area (TPSA) is 73.6 Å². The van der Waals surface area contributed by atoms with Crippen LogP contribution in [0.25, 0.3) is 11.1 Å². The lowest BCUT2D eigenvalue weighted by atomic mass is 9.87. The molecular weight excluding hydrogens is 467 g/mol. The lowest BCUT2D eigenvalue weighted by molar-refractivity contribution is 0.1000. The van der Waals surface area contributed by atoms with Crippen molar-refractivity contribution >= 4 is 17.5 Å². The van der Waals surface area contributed by atoms with Crippen molar-refractivity contribution in [1.82, 2.24) is 5.32 Å². The Balaban J connectivity index is 1.77. The molecule has 3 N–H and O–H groups in total. The second kappa shape index (κ2) is 11.7. The minimum atomic E-state index is -0.741. The second-order valence-electron chi connectivity index (χ2n) is 8.74. The smallest absolute Gasteiger partial charge is 0.249 e. The minimum Gasteiger partial charge on any atom is -0.488 e. The van der Waals surface area contributed by atoms with E-state index >= 15 is 4.39 Å². The van der Waals surface area contributed by atoms with Gasteiger partial charge >= 0.3 is 0 Å². The number of hydrogen-bond acceptors (Lipinski definition) is 4. The number of primary amides is 1. The Morgan fingerprint density at radius 2 is 1.89 bits per heavy atom. The molecular formula is C28H30ClFN2O3. The molecule has 1 aliphatic rings. The van der Waals surface area contributed by atoms with Crippen LogP contribution in [0.4, 0.5) is 4.39 Å². The number of carbonyl (C=O) groups is 1. The zero-order valence-electron chi connectivity index (χ0n) is 19.7. The molecule has 3 aromatic rings. The van der Waals surface area contributed by atoms with Crippen LogP contribution in [0.2, 0.25) is 5.02 Å². The monoisotopic (exact) mass is 496 g/mol. The average molecular weight is 497 g/mol. The average Bonchev–Trinajstić information content (AvgIpc) is 2.83. The molecule has 7 heteroatoms. The number of nitrogens with one attached hydrogen (secondary N) is 1. The van der Waals surface area contributed by atoms with Gasteiger partial charge in [-0.05, 0) is 48.2 Å². The van der Waals surface area contributed by atoms with E-state index in [0.717, 1.165) is 17.7 Å². The summed E-state index contributed by atoms with van der Waals surface area (Å²) in [6.45, 7) is 1.20. The third kappa shape index (κ3) is 5.84. The molecule has 0 aromatic heterocycles. The van der Waals surface area contributed by atoms with Gasteiger partial charge in [0.15, 0.2) is 11.6 Å². The lowest BCUT2D eigenvalue weighted by Crippen LogP contribution is -2.37. The molecule has 5 nitrogen and oxygen atoms in total. The molecule has 1 amide bonds. The second-order valence-corrected chi connectivity index (χ2v) is 9.15. The maximum absolute atomic E-state index is 15.7. The van der Waals surface area contributed by atoms with Gasteiger partial charge in [0, 0.05) is 41.8 Å². The van der Waals surface area contributed by atoms with Crippen LogP contribution < -0.4 is 15.8 Å². The van der Waals surface area contributed by atoms with Gasteiger partial charge in [0.2, 0.25) is 5.91 Å². The Labute approximate surface area is 210 Å². The Kier molecular flexibility index (Phi) is 8.39. The molecule has 0 heterocycles. The number of carbonyl (C=O) groups excluding carboxylic acids is 1. The predicted octanol–water partition coefficient (Wildman–Crippen LogP) is 5.54. The number of halogens is 2. The number of nitrogens with two attached hydrogens (primary N) is 1. The van der Waals surface area contributed by atoms with Gasteiger partial charge in [0.1, 0.15) is 6.61 Å². The zero-order chi connectivity index (χ0) is 24.8. The molecule has 4 rings (SSSR count). The van der Waals surface area contributed by atoms with Crippen molar-refractivity contribution in [3.8, 4) is 16.9 Å². The van der Waals surface area contributed by atoms with E-state index in [2.05, 4.69) is 17.4 Å². The first kappa shape index (κ1) is 25.2. The Hall–Kier alpha value is -2.93. The highest BCUT2D eigenvalue weighted by Crippen LogP contribution is 2.39. The largest absolute Gasteiger partial charge is 0.488 e. The van der Waals surface area contributed by atoms with Crippen molar-refractivity contribution in [1.29, 1.82) is 0 Å². The number of hydrogen-bond donors (Lipinski definition) is 2. The molecule has 0 bridgehead atoms. The third-order valence-corrected chi connectivity index (χ3v) is 6.83. The summed E-state index contributed by atoms with van der Waals surface area (Å²) >= 11 is 6.57. The first-order valence-electron chi connectivity index (χ1n) is 11.8. The summed E-state index contributed by atoms with van der Waals surface area (Å²) < 4.78 is 26.2. The van der Waals surface area contributed by atoms with Crippen LogP contribution in [0.5, 0.6) is 5.75 Å². The first-order valence-corrected chi connectivity index (χ1v) is 12.2. The van der Waals surface area contributed by atoms with Crippen LogP contribution >= 0.6 is 11.6 Å². The van der Waals surface area contributed by atoms with Crippen molar-refractivity contribution < 1.29 is 18.7 Å². The van der Waals surface area contributed by atoms with Crippen molar-refractivity contribution in [3.05, 3.63) is 88.2 Å². The maximum atomic E-state index is 15.7. The highest BCUT2D eigenvalue weighted by atomic mass is 35.5. The van der Waals surface area contributed by atoms with Crippen LogP contribution in [0.15, 0.2) is 60.7 Å². The van der Waals surface area contributed by atoms with E-state index < -0.39 is 11.7 Å². The molecule has 3 aromatic carbocycles. The van der Waals surface area contributed by atoms with E-state index in [1.807, 2.05) is 30.3 Å². The zero-order valence-corrected chi connectivity index (χ0v) is 20.5. The molecule has 0 spiro atoms. The Morgan fingerprint density at radius 3 is 2.54 bits per heavy atom. The first-order chi connectivity index (χ1) is 17.0. The quantitative estimate of drug-likeness (QED) is 0.342. The molecule has 1 atom stereocenters. The fraction of sp³-hybridized carbons (Fsp3) is 0.321. The Bertz CT molecular complexity index is 1170. The van der Waals surface area contributed by atoms with Crippen molar-refractivity contribution in [3.63, 3.8) is 0 Å². The number of amides is 1. The van der Waals surface area contributed by atoms with Crippen molar-refractivity contribution in [2.75, 3.05) is 26.9 Å². The molecule has 1 aliphatic carbocycles. The van der Waals surface area contributed by atoms with Gasteiger partial charge < -0.3 is 20.5 Å². The van der Waals surface area contributed by atoms with E-state index in [-0.39, 0.29) is 29.4 Å². The third-order valence-electron chi connectivity index (χ3n) is 6.50. The summed E-state index contributed by atoms with van der Waals surface area (Å²) in [5, 5.41) is 3.98. The van der Waals surface area contributed by atoms with E-state index in [1.54, 1.807) is 6.07 Å². The van der Waals surface area contributed by atoms with Crippen molar-refractivity contribution in [2.24, 2.45) is 5.73 Å². The van der Waals surface area contributed by atoms with Gasteiger partial charge in [-0.3, -0.25) is 4.79 Å². The summed E-state index contributed by atoms with van der Waals surface area (Å²) in [5.74, 6) is -1.39. The molecule has 1 saturated carbocycles.